The van der Waals surface area contributed by atoms with E-state index < -0.39 is 0 Å². The van der Waals surface area contributed by atoms with Crippen molar-refractivity contribution in [2.75, 3.05) is 6.61 Å². The van der Waals surface area contributed by atoms with Gasteiger partial charge in [0.1, 0.15) is 10.8 Å². The van der Waals surface area contributed by atoms with Crippen LogP contribution in [0.2, 0.25) is 0 Å². The molecule has 1 heterocycles. The molecule has 2 rings (SSSR count). The van der Waals surface area contributed by atoms with Crippen LogP contribution in [-0.2, 0) is 5.54 Å². The lowest BCUT2D eigenvalue weighted by molar-refractivity contribution is 0.317. The van der Waals surface area contributed by atoms with Crippen LogP contribution in [0, 0.1) is 0 Å². The summed E-state index contributed by atoms with van der Waals surface area (Å²) in [5.41, 5.74) is 7.74. The molecule has 0 bridgehead atoms. The third-order valence-corrected chi connectivity index (χ3v) is 3.86. The molecule has 2 aromatic rings. The first-order valence-corrected chi connectivity index (χ1v) is 7.37. The van der Waals surface area contributed by atoms with Crippen LogP contribution in [0.15, 0.2) is 29.6 Å². The van der Waals surface area contributed by atoms with E-state index in [4.69, 9.17) is 10.5 Å². The molecule has 0 atom stereocenters. The van der Waals surface area contributed by atoms with Gasteiger partial charge in [-0.3, -0.25) is 0 Å². The standard InChI is InChI=1S/C15H20N2OS/c1-4-9-18-12-7-5-11(6-8-12)13-10-19-14(17-13)15(2,3)16/h5-8,10H,4,9,16H2,1-3H3. The molecule has 0 saturated carbocycles. The number of rotatable bonds is 5. The number of hydrogen-bond acceptors (Lipinski definition) is 4. The van der Waals surface area contributed by atoms with Gasteiger partial charge < -0.3 is 10.5 Å². The van der Waals surface area contributed by atoms with Crippen molar-refractivity contribution in [1.29, 1.82) is 0 Å². The number of ether oxygens (including phenoxy) is 1. The maximum Gasteiger partial charge on any atom is 0.119 e. The third kappa shape index (κ3) is 3.55. The molecule has 0 saturated heterocycles. The fraction of sp³-hybridized carbons (Fsp3) is 0.400. The van der Waals surface area contributed by atoms with Gasteiger partial charge in [-0.15, -0.1) is 11.3 Å². The molecule has 1 aromatic carbocycles. The van der Waals surface area contributed by atoms with Crippen LogP contribution in [0.3, 0.4) is 0 Å². The van der Waals surface area contributed by atoms with Gasteiger partial charge in [0.2, 0.25) is 0 Å². The zero-order valence-electron chi connectivity index (χ0n) is 11.6. The summed E-state index contributed by atoms with van der Waals surface area (Å²) in [6.45, 7) is 6.79. The largest absolute Gasteiger partial charge is 0.494 e. The molecule has 3 nitrogen and oxygen atoms in total. The Morgan fingerprint density at radius 1 is 1.26 bits per heavy atom. The highest BCUT2D eigenvalue weighted by Gasteiger charge is 2.18. The lowest BCUT2D eigenvalue weighted by Gasteiger charge is -2.13. The molecule has 0 aliphatic rings. The van der Waals surface area contributed by atoms with E-state index in [1.54, 1.807) is 11.3 Å². The van der Waals surface area contributed by atoms with Crippen molar-refractivity contribution in [3.8, 4) is 17.0 Å². The lowest BCUT2D eigenvalue weighted by Crippen LogP contribution is -2.28. The predicted octanol–water partition coefficient (Wildman–Crippen LogP) is 3.79. The number of hydrogen-bond donors (Lipinski definition) is 1. The summed E-state index contributed by atoms with van der Waals surface area (Å²) in [5, 5.41) is 3.00. The highest BCUT2D eigenvalue weighted by atomic mass is 32.1. The van der Waals surface area contributed by atoms with Crippen molar-refractivity contribution < 1.29 is 4.74 Å². The maximum atomic E-state index is 6.06. The van der Waals surface area contributed by atoms with Gasteiger partial charge in [0.25, 0.3) is 0 Å². The van der Waals surface area contributed by atoms with Crippen molar-refractivity contribution in [1.82, 2.24) is 4.98 Å². The van der Waals surface area contributed by atoms with Crippen LogP contribution >= 0.6 is 11.3 Å². The fourth-order valence-electron chi connectivity index (χ4n) is 1.64. The predicted molar refractivity (Wildman–Crippen MR) is 80.5 cm³/mol. The normalized spacial score (nSPS) is 11.6. The Morgan fingerprint density at radius 3 is 2.47 bits per heavy atom. The molecule has 102 valence electrons. The highest BCUT2D eigenvalue weighted by molar-refractivity contribution is 7.10. The fourth-order valence-corrected chi connectivity index (χ4v) is 2.51. The van der Waals surface area contributed by atoms with Crippen LogP contribution in [0.5, 0.6) is 5.75 Å². The minimum Gasteiger partial charge on any atom is -0.494 e. The molecule has 19 heavy (non-hydrogen) atoms. The van der Waals surface area contributed by atoms with Crippen LogP contribution in [0.25, 0.3) is 11.3 Å². The summed E-state index contributed by atoms with van der Waals surface area (Å²) < 4.78 is 5.57. The monoisotopic (exact) mass is 276 g/mol. The summed E-state index contributed by atoms with van der Waals surface area (Å²) in [6, 6.07) is 8.04. The summed E-state index contributed by atoms with van der Waals surface area (Å²) in [7, 11) is 0. The molecule has 0 fully saturated rings. The van der Waals surface area contributed by atoms with Crippen LogP contribution in [0.4, 0.5) is 0 Å². The van der Waals surface area contributed by atoms with E-state index in [1.807, 2.05) is 43.5 Å². The van der Waals surface area contributed by atoms with Gasteiger partial charge in [0.05, 0.1) is 17.8 Å². The van der Waals surface area contributed by atoms with E-state index in [2.05, 4.69) is 11.9 Å². The molecule has 2 N–H and O–H groups in total. The van der Waals surface area contributed by atoms with E-state index >= 15 is 0 Å². The van der Waals surface area contributed by atoms with Gasteiger partial charge in [0, 0.05) is 10.9 Å². The molecular weight excluding hydrogens is 256 g/mol. The molecule has 1 aromatic heterocycles. The number of benzene rings is 1. The zero-order valence-corrected chi connectivity index (χ0v) is 12.5. The summed E-state index contributed by atoms with van der Waals surface area (Å²) in [5.74, 6) is 0.903. The summed E-state index contributed by atoms with van der Waals surface area (Å²) in [4.78, 5) is 4.60. The van der Waals surface area contributed by atoms with Gasteiger partial charge in [-0.25, -0.2) is 4.98 Å². The molecule has 0 unspecified atom stereocenters. The van der Waals surface area contributed by atoms with E-state index in [9.17, 15) is 0 Å². The molecule has 0 spiro atoms. The quantitative estimate of drug-likeness (QED) is 0.903. The first-order valence-electron chi connectivity index (χ1n) is 6.49. The molecule has 0 amide bonds. The van der Waals surface area contributed by atoms with Gasteiger partial charge in [-0.1, -0.05) is 6.92 Å². The lowest BCUT2D eigenvalue weighted by atomic mass is 10.1. The molecular formula is C15H20N2OS. The Hall–Kier alpha value is -1.39. The second kappa shape index (κ2) is 5.72. The average molecular weight is 276 g/mol. The van der Waals surface area contributed by atoms with E-state index in [0.717, 1.165) is 35.0 Å². The molecule has 0 aliphatic carbocycles. The minimum atomic E-state index is -0.382. The Balaban J connectivity index is 2.16. The number of nitrogens with zero attached hydrogens (tertiary/aromatic N) is 1. The first-order chi connectivity index (χ1) is 9.00. The molecule has 0 radical (unpaired) electrons. The van der Waals surface area contributed by atoms with Crippen LogP contribution in [0.1, 0.15) is 32.2 Å². The zero-order chi connectivity index (χ0) is 13.9. The topological polar surface area (TPSA) is 48.1 Å². The SMILES string of the molecule is CCCOc1ccc(-c2csc(C(C)(C)N)n2)cc1. The van der Waals surface area contributed by atoms with E-state index in [-0.39, 0.29) is 5.54 Å². The first kappa shape index (κ1) is 14.0. The van der Waals surface area contributed by atoms with Gasteiger partial charge >= 0.3 is 0 Å². The third-order valence-electron chi connectivity index (χ3n) is 2.68. The van der Waals surface area contributed by atoms with Gasteiger partial charge in [0.15, 0.2) is 0 Å². The molecule has 0 aliphatic heterocycles. The Labute approximate surface area is 118 Å². The second-order valence-electron chi connectivity index (χ2n) is 5.13. The number of thiazole rings is 1. The minimum absolute atomic E-state index is 0.382. The van der Waals surface area contributed by atoms with Crippen molar-refractivity contribution in [3.63, 3.8) is 0 Å². The van der Waals surface area contributed by atoms with E-state index in [0.29, 0.717) is 0 Å². The van der Waals surface area contributed by atoms with Gasteiger partial charge in [-0.05, 0) is 44.5 Å². The van der Waals surface area contributed by atoms with Crippen molar-refractivity contribution in [2.45, 2.75) is 32.7 Å². The average Bonchev–Trinajstić information content (AvgIpc) is 2.86. The highest BCUT2D eigenvalue weighted by Crippen LogP contribution is 2.28. The van der Waals surface area contributed by atoms with Crippen molar-refractivity contribution in [2.24, 2.45) is 5.73 Å². The van der Waals surface area contributed by atoms with E-state index in [1.165, 1.54) is 0 Å². The van der Waals surface area contributed by atoms with Crippen molar-refractivity contribution >= 4 is 11.3 Å². The summed E-state index contributed by atoms with van der Waals surface area (Å²) in [6.07, 6.45) is 1.02. The Bertz CT molecular complexity index is 526. The summed E-state index contributed by atoms with van der Waals surface area (Å²) >= 11 is 1.60. The number of aromatic nitrogens is 1. The molecule has 4 heteroatoms. The smallest absolute Gasteiger partial charge is 0.119 e. The van der Waals surface area contributed by atoms with Crippen molar-refractivity contribution in [3.05, 3.63) is 34.7 Å². The number of nitrogens with two attached hydrogens (primary N) is 1. The Morgan fingerprint density at radius 2 is 1.95 bits per heavy atom. The second-order valence-corrected chi connectivity index (χ2v) is 5.99. The van der Waals surface area contributed by atoms with Gasteiger partial charge in [-0.2, -0.15) is 0 Å². The maximum absolute atomic E-state index is 6.06. The van der Waals surface area contributed by atoms with Crippen LogP contribution in [-0.4, -0.2) is 11.6 Å². The van der Waals surface area contributed by atoms with Crippen LogP contribution < -0.4 is 10.5 Å². The Kier molecular flexibility index (Phi) is 4.22.